The molecule has 6 nitrogen and oxygen atoms in total. The minimum absolute atomic E-state index is 0.109. The molecule has 0 unspecified atom stereocenters. The Balaban J connectivity index is 1.36. The molecule has 3 heterocycles. The predicted molar refractivity (Wildman–Crippen MR) is 103 cm³/mol. The van der Waals surface area contributed by atoms with Gasteiger partial charge in [0.25, 0.3) is 5.91 Å². The maximum atomic E-state index is 12.7. The minimum atomic E-state index is -0.251. The summed E-state index contributed by atoms with van der Waals surface area (Å²) in [4.78, 5) is 25.1. The monoisotopic (exact) mass is 386 g/mol. The second-order valence-electron chi connectivity index (χ2n) is 7.23. The highest BCUT2D eigenvalue weighted by Crippen LogP contribution is 2.31. The van der Waals surface area contributed by atoms with Crippen molar-refractivity contribution in [3.05, 3.63) is 59.1 Å². The van der Waals surface area contributed by atoms with Crippen LogP contribution in [0.15, 0.2) is 42.7 Å². The van der Waals surface area contributed by atoms with Crippen LogP contribution in [0.4, 0.5) is 0 Å². The van der Waals surface area contributed by atoms with Crippen LogP contribution < -0.4 is 0 Å². The Kier molecular flexibility index (Phi) is 5.38. The normalized spacial score (nSPS) is 20.0. The van der Waals surface area contributed by atoms with Crippen LogP contribution in [-0.4, -0.2) is 64.1 Å². The molecule has 1 aromatic heterocycles. The number of morpholine rings is 1. The molecule has 0 radical (unpaired) electrons. The van der Waals surface area contributed by atoms with Crippen molar-refractivity contribution in [1.82, 2.24) is 19.8 Å². The van der Waals surface area contributed by atoms with Crippen LogP contribution in [0.5, 0.6) is 0 Å². The van der Waals surface area contributed by atoms with E-state index in [0.717, 1.165) is 37.5 Å². The maximum Gasteiger partial charge on any atom is 0.291 e. The van der Waals surface area contributed by atoms with Gasteiger partial charge in [0.15, 0.2) is 0 Å². The fourth-order valence-electron chi connectivity index (χ4n) is 3.84. The van der Waals surface area contributed by atoms with Gasteiger partial charge in [-0.2, -0.15) is 0 Å². The van der Waals surface area contributed by atoms with Crippen LogP contribution in [-0.2, 0) is 11.3 Å². The summed E-state index contributed by atoms with van der Waals surface area (Å²) in [6, 6.07) is 9.73. The average Bonchev–Trinajstić information content (AvgIpc) is 2.72. The standard InChI is InChI=1S/C20H23ClN4O2/c21-17-4-2-16(3-5-17)14-24-10-6-20(7-11-24)15-25(12-13-27-20)19(26)18-22-8-1-9-23-18/h1-5,8-9H,6-7,10-15H2. The number of hydrogen-bond acceptors (Lipinski definition) is 5. The first kappa shape index (κ1) is 18.3. The van der Waals surface area contributed by atoms with E-state index in [4.69, 9.17) is 16.3 Å². The third-order valence-electron chi connectivity index (χ3n) is 5.38. The van der Waals surface area contributed by atoms with Crippen LogP contribution in [0.1, 0.15) is 29.0 Å². The smallest absolute Gasteiger partial charge is 0.291 e. The van der Waals surface area contributed by atoms with E-state index in [-0.39, 0.29) is 17.3 Å². The van der Waals surface area contributed by atoms with Crippen molar-refractivity contribution in [2.75, 3.05) is 32.8 Å². The van der Waals surface area contributed by atoms with Crippen LogP contribution in [0.25, 0.3) is 0 Å². The van der Waals surface area contributed by atoms with Gasteiger partial charge < -0.3 is 9.64 Å². The molecule has 1 spiro atoms. The molecule has 7 heteroatoms. The lowest BCUT2D eigenvalue weighted by atomic mass is 9.89. The van der Waals surface area contributed by atoms with E-state index >= 15 is 0 Å². The zero-order chi connectivity index (χ0) is 18.7. The van der Waals surface area contributed by atoms with E-state index in [1.807, 2.05) is 17.0 Å². The van der Waals surface area contributed by atoms with Crippen molar-refractivity contribution >= 4 is 17.5 Å². The topological polar surface area (TPSA) is 58.6 Å². The molecule has 1 amide bonds. The van der Waals surface area contributed by atoms with Gasteiger partial charge in [0.1, 0.15) is 0 Å². The molecule has 2 fully saturated rings. The summed E-state index contributed by atoms with van der Waals surface area (Å²) in [5.74, 6) is 0.150. The van der Waals surface area contributed by atoms with Crippen molar-refractivity contribution in [2.45, 2.75) is 25.0 Å². The number of rotatable bonds is 3. The van der Waals surface area contributed by atoms with Gasteiger partial charge >= 0.3 is 0 Å². The van der Waals surface area contributed by atoms with E-state index in [9.17, 15) is 4.79 Å². The molecule has 0 N–H and O–H groups in total. The molecule has 2 aliphatic heterocycles. The number of aromatic nitrogens is 2. The highest BCUT2D eigenvalue weighted by Gasteiger charge is 2.41. The zero-order valence-electron chi connectivity index (χ0n) is 15.2. The molecule has 0 saturated carbocycles. The Bertz CT molecular complexity index is 776. The molecule has 2 saturated heterocycles. The first-order chi connectivity index (χ1) is 13.1. The molecular formula is C20H23ClN4O2. The van der Waals surface area contributed by atoms with Gasteiger partial charge in [0.05, 0.1) is 18.8 Å². The van der Waals surface area contributed by atoms with E-state index in [1.165, 1.54) is 5.56 Å². The molecule has 142 valence electrons. The summed E-state index contributed by atoms with van der Waals surface area (Å²) in [5, 5.41) is 0.763. The number of nitrogens with zero attached hydrogens (tertiary/aromatic N) is 4. The van der Waals surface area contributed by atoms with Gasteiger partial charge in [0.2, 0.25) is 5.82 Å². The van der Waals surface area contributed by atoms with Gasteiger partial charge in [-0.3, -0.25) is 9.69 Å². The molecule has 2 aliphatic rings. The molecule has 2 aromatic rings. The zero-order valence-corrected chi connectivity index (χ0v) is 15.9. The summed E-state index contributed by atoms with van der Waals surface area (Å²) < 4.78 is 6.16. The van der Waals surface area contributed by atoms with E-state index in [1.54, 1.807) is 18.5 Å². The Hall–Kier alpha value is -2.02. The molecule has 1 aromatic carbocycles. The van der Waals surface area contributed by atoms with Gasteiger partial charge in [-0.15, -0.1) is 0 Å². The number of carbonyl (C=O) groups excluding carboxylic acids is 1. The van der Waals surface area contributed by atoms with Gasteiger partial charge in [-0.1, -0.05) is 23.7 Å². The largest absolute Gasteiger partial charge is 0.371 e. The fraction of sp³-hybridized carbons (Fsp3) is 0.450. The second kappa shape index (κ2) is 7.92. The number of ether oxygens (including phenoxy) is 1. The Labute approximate surface area is 164 Å². The van der Waals surface area contributed by atoms with Crippen molar-refractivity contribution in [3.8, 4) is 0 Å². The molecule has 0 atom stereocenters. The van der Waals surface area contributed by atoms with Gasteiger partial charge in [-0.25, -0.2) is 9.97 Å². The quantitative estimate of drug-likeness (QED) is 0.811. The SMILES string of the molecule is O=C(c1ncccn1)N1CCOC2(CCN(Cc3ccc(Cl)cc3)CC2)C1. The summed E-state index contributed by atoms with van der Waals surface area (Å²) >= 11 is 5.96. The highest BCUT2D eigenvalue weighted by molar-refractivity contribution is 6.30. The van der Waals surface area contributed by atoms with Crippen LogP contribution in [0.3, 0.4) is 0 Å². The summed E-state index contributed by atoms with van der Waals surface area (Å²) in [6.07, 6.45) is 5.04. The lowest BCUT2D eigenvalue weighted by molar-refractivity contribution is -0.128. The Morgan fingerprint density at radius 1 is 1.11 bits per heavy atom. The average molecular weight is 387 g/mol. The molecule has 0 bridgehead atoms. The number of halogens is 1. The van der Waals surface area contributed by atoms with Gasteiger partial charge in [-0.05, 0) is 36.6 Å². The van der Waals surface area contributed by atoms with Crippen LogP contribution in [0, 0.1) is 0 Å². The Morgan fingerprint density at radius 2 is 1.81 bits per heavy atom. The van der Waals surface area contributed by atoms with Crippen molar-refractivity contribution in [3.63, 3.8) is 0 Å². The third-order valence-corrected chi connectivity index (χ3v) is 5.63. The van der Waals surface area contributed by atoms with E-state index < -0.39 is 0 Å². The highest BCUT2D eigenvalue weighted by atomic mass is 35.5. The number of carbonyl (C=O) groups is 1. The summed E-state index contributed by atoms with van der Waals surface area (Å²) in [5.41, 5.74) is 1.01. The summed E-state index contributed by atoms with van der Waals surface area (Å²) in [7, 11) is 0. The van der Waals surface area contributed by atoms with E-state index in [2.05, 4.69) is 27.0 Å². The fourth-order valence-corrected chi connectivity index (χ4v) is 3.96. The van der Waals surface area contributed by atoms with Crippen molar-refractivity contribution in [1.29, 1.82) is 0 Å². The minimum Gasteiger partial charge on any atom is -0.371 e. The number of likely N-dealkylation sites (tertiary alicyclic amines) is 1. The van der Waals surface area contributed by atoms with Crippen LogP contribution in [0.2, 0.25) is 5.02 Å². The van der Waals surface area contributed by atoms with Gasteiger partial charge in [0, 0.05) is 43.6 Å². The number of amides is 1. The number of benzene rings is 1. The van der Waals surface area contributed by atoms with Crippen LogP contribution >= 0.6 is 11.6 Å². The first-order valence-electron chi connectivity index (χ1n) is 9.31. The summed E-state index contributed by atoms with van der Waals surface area (Å²) in [6.45, 7) is 4.58. The first-order valence-corrected chi connectivity index (χ1v) is 9.68. The van der Waals surface area contributed by atoms with E-state index in [0.29, 0.717) is 19.7 Å². The molecular weight excluding hydrogens is 364 g/mol. The molecule has 4 rings (SSSR count). The van der Waals surface area contributed by atoms with Crippen molar-refractivity contribution in [2.24, 2.45) is 0 Å². The second-order valence-corrected chi connectivity index (χ2v) is 7.67. The number of hydrogen-bond donors (Lipinski definition) is 0. The molecule has 0 aliphatic carbocycles. The molecule has 27 heavy (non-hydrogen) atoms. The third kappa shape index (κ3) is 4.29. The van der Waals surface area contributed by atoms with Crippen molar-refractivity contribution < 1.29 is 9.53 Å². The Morgan fingerprint density at radius 3 is 2.52 bits per heavy atom. The lowest BCUT2D eigenvalue weighted by Gasteiger charge is -2.47. The predicted octanol–water partition coefficient (Wildman–Crippen LogP) is 2.64. The lowest BCUT2D eigenvalue weighted by Crippen LogP contribution is -2.58. The number of piperidine rings is 1. The maximum absolute atomic E-state index is 12.7.